The Bertz CT molecular complexity index is 1110. The summed E-state index contributed by atoms with van der Waals surface area (Å²) in [5, 5.41) is 13.4. The molecule has 0 aliphatic carbocycles. The van der Waals surface area contributed by atoms with Crippen LogP contribution in [0.15, 0.2) is 58.5 Å². The summed E-state index contributed by atoms with van der Waals surface area (Å²) in [5.41, 5.74) is 0.693. The number of hydrogen-bond donors (Lipinski definition) is 1. The molecule has 0 bridgehead atoms. The Kier molecular flexibility index (Phi) is 6.33. The standard InChI is InChI=1S/C20H10Cl4N2O2/c21-12-4-6-17(16(24)9-12)26-20(27)11(10-25)8-13-5-7-18(28-13)19-14(22)2-1-3-15(19)23/h1-9H,(H,26,27)/b11-8+. The summed E-state index contributed by atoms with van der Waals surface area (Å²) in [7, 11) is 0. The fourth-order valence-electron chi connectivity index (χ4n) is 2.37. The number of rotatable bonds is 4. The summed E-state index contributed by atoms with van der Waals surface area (Å²) in [6.45, 7) is 0. The van der Waals surface area contributed by atoms with E-state index in [-0.39, 0.29) is 10.6 Å². The fraction of sp³-hybridized carbons (Fsp3) is 0. The van der Waals surface area contributed by atoms with Crippen LogP contribution in [0.4, 0.5) is 5.69 Å². The predicted molar refractivity (Wildman–Crippen MR) is 113 cm³/mol. The lowest BCUT2D eigenvalue weighted by Crippen LogP contribution is -2.13. The van der Waals surface area contributed by atoms with Gasteiger partial charge < -0.3 is 9.73 Å². The highest BCUT2D eigenvalue weighted by atomic mass is 35.5. The second kappa shape index (κ2) is 8.72. The molecule has 1 aromatic heterocycles. The van der Waals surface area contributed by atoms with Crippen LogP contribution in [-0.2, 0) is 4.79 Å². The van der Waals surface area contributed by atoms with E-state index in [0.29, 0.717) is 37.8 Å². The monoisotopic (exact) mass is 450 g/mol. The Hall–Kier alpha value is -2.42. The van der Waals surface area contributed by atoms with Crippen LogP contribution in [0.2, 0.25) is 20.1 Å². The van der Waals surface area contributed by atoms with E-state index < -0.39 is 5.91 Å². The average molecular weight is 452 g/mol. The van der Waals surface area contributed by atoms with Gasteiger partial charge in [-0.15, -0.1) is 0 Å². The number of nitriles is 1. The van der Waals surface area contributed by atoms with Crippen LogP contribution in [0.5, 0.6) is 0 Å². The topological polar surface area (TPSA) is 66.0 Å². The summed E-state index contributed by atoms with van der Waals surface area (Å²) in [6, 6.07) is 14.8. The molecule has 3 aromatic rings. The van der Waals surface area contributed by atoms with E-state index in [2.05, 4.69) is 5.32 Å². The zero-order chi connectivity index (χ0) is 20.3. The van der Waals surface area contributed by atoms with Crippen LogP contribution in [0.25, 0.3) is 17.4 Å². The third-order valence-electron chi connectivity index (χ3n) is 3.67. The number of nitrogens with zero attached hydrogens (tertiary/aromatic N) is 1. The Morgan fingerprint density at radius 1 is 1.00 bits per heavy atom. The maximum atomic E-state index is 12.4. The number of anilines is 1. The first-order valence-electron chi connectivity index (χ1n) is 7.81. The average Bonchev–Trinajstić information content (AvgIpc) is 3.10. The van der Waals surface area contributed by atoms with E-state index in [1.165, 1.54) is 12.1 Å². The van der Waals surface area contributed by atoms with Crippen LogP contribution < -0.4 is 5.32 Å². The maximum Gasteiger partial charge on any atom is 0.266 e. The van der Waals surface area contributed by atoms with E-state index >= 15 is 0 Å². The minimum atomic E-state index is -0.638. The maximum absolute atomic E-state index is 12.4. The number of carbonyl (C=O) groups is 1. The summed E-state index contributed by atoms with van der Waals surface area (Å²) in [4.78, 5) is 12.4. The molecule has 0 aliphatic heterocycles. The Morgan fingerprint density at radius 3 is 2.36 bits per heavy atom. The molecule has 4 nitrogen and oxygen atoms in total. The quantitative estimate of drug-likeness (QED) is 0.339. The second-order valence-electron chi connectivity index (χ2n) is 5.55. The van der Waals surface area contributed by atoms with Crippen molar-refractivity contribution < 1.29 is 9.21 Å². The van der Waals surface area contributed by atoms with Crippen LogP contribution >= 0.6 is 46.4 Å². The zero-order valence-corrected chi connectivity index (χ0v) is 17.0. The molecule has 0 saturated heterocycles. The third kappa shape index (κ3) is 4.52. The lowest BCUT2D eigenvalue weighted by atomic mass is 10.2. The highest BCUT2D eigenvalue weighted by Crippen LogP contribution is 2.35. The van der Waals surface area contributed by atoms with Gasteiger partial charge >= 0.3 is 0 Å². The van der Waals surface area contributed by atoms with Gasteiger partial charge in [-0.3, -0.25) is 4.79 Å². The van der Waals surface area contributed by atoms with Crippen molar-refractivity contribution in [3.63, 3.8) is 0 Å². The number of carbonyl (C=O) groups excluding carboxylic acids is 1. The Labute approximate surface area is 180 Å². The fourth-order valence-corrected chi connectivity index (χ4v) is 3.41. The highest BCUT2D eigenvalue weighted by molar-refractivity contribution is 6.39. The molecule has 8 heteroatoms. The molecule has 0 spiro atoms. The van der Waals surface area contributed by atoms with Gasteiger partial charge in [0.1, 0.15) is 23.2 Å². The van der Waals surface area contributed by atoms with Crippen molar-refractivity contribution in [3.05, 3.63) is 80.0 Å². The molecule has 0 saturated carbocycles. The van der Waals surface area contributed by atoms with Crippen LogP contribution in [0, 0.1) is 11.3 Å². The molecule has 1 amide bonds. The first-order chi connectivity index (χ1) is 13.4. The van der Waals surface area contributed by atoms with Gasteiger partial charge in [-0.05, 0) is 42.5 Å². The zero-order valence-electron chi connectivity index (χ0n) is 14.0. The molecule has 0 aliphatic rings. The van der Waals surface area contributed by atoms with Crippen molar-refractivity contribution in [1.29, 1.82) is 5.26 Å². The van der Waals surface area contributed by atoms with Crippen LogP contribution in [0.1, 0.15) is 5.76 Å². The number of nitrogens with one attached hydrogen (secondary N) is 1. The van der Waals surface area contributed by atoms with E-state index in [9.17, 15) is 10.1 Å². The molecule has 0 unspecified atom stereocenters. The summed E-state index contributed by atoms with van der Waals surface area (Å²) < 4.78 is 5.68. The minimum absolute atomic E-state index is 0.169. The molecule has 140 valence electrons. The van der Waals surface area contributed by atoms with Gasteiger partial charge in [0, 0.05) is 11.1 Å². The number of hydrogen-bond acceptors (Lipinski definition) is 3. The smallest absolute Gasteiger partial charge is 0.266 e. The van der Waals surface area contributed by atoms with E-state index in [4.69, 9.17) is 50.8 Å². The predicted octanol–water partition coefficient (Wildman–Crippen LogP) is 7.11. The Morgan fingerprint density at radius 2 is 1.71 bits per heavy atom. The van der Waals surface area contributed by atoms with E-state index in [1.54, 1.807) is 42.5 Å². The van der Waals surface area contributed by atoms with Crippen LogP contribution in [0.3, 0.4) is 0 Å². The van der Waals surface area contributed by atoms with Gasteiger partial charge in [0.2, 0.25) is 0 Å². The van der Waals surface area contributed by atoms with Gasteiger partial charge in [0.25, 0.3) is 5.91 Å². The van der Waals surface area contributed by atoms with Crippen molar-refractivity contribution in [3.8, 4) is 17.4 Å². The molecule has 0 atom stereocenters. The normalized spacial score (nSPS) is 11.2. The third-order valence-corrected chi connectivity index (χ3v) is 4.84. The van der Waals surface area contributed by atoms with Crippen molar-refractivity contribution in [1.82, 2.24) is 0 Å². The van der Waals surface area contributed by atoms with E-state index in [0.717, 1.165) is 0 Å². The number of benzene rings is 2. The van der Waals surface area contributed by atoms with Crippen molar-refractivity contribution >= 4 is 64.1 Å². The van der Waals surface area contributed by atoms with Crippen molar-refractivity contribution in [2.24, 2.45) is 0 Å². The van der Waals surface area contributed by atoms with Crippen molar-refractivity contribution in [2.75, 3.05) is 5.32 Å². The molecule has 0 fully saturated rings. The summed E-state index contributed by atoms with van der Waals surface area (Å²) in [5.74, 6) is 0.0700. The number of furan rings is 1. The molecule has 3 rings (SSSR count). The lowest BCUT2D eigenvalue weighted by molar-refractivity contribution is -0.112. The molecule has 1 heterocycles. The molecule has 0 radical (unpaired) electrons. The number of amides is 1. The summed E-state index contributed by atoms with van der Waals surface area (Å²) >= 11 is 24.2. The number of halogens is 4. The molecular weight excluding hydrogens is 442 g/mol. The van der Waals surface area contributed by atoms with E-state index in [1.807, 2.05) is 6.07 Å². The lowest BCUT2D eigenvalue weighted by Gasteiger charge is -2.06. The molecule has 28 heavy (non-hydrogen) atoms. The molecular formula is C20H10Cl4N2O2. The van der Waals surface area contributed by atoms with Crippen LogP contribution in [-0.4, -0.2) is 5.91 Å². The second-order valence-corrected chi connectivity index (χ2v) is 7.20. The molecule has 2 aromatic carbocycles. The van der Waals surface area contributed by atoms with Crippen molar-refractivity contribution in [2.45, 2.75) is 0 Å². The highest BCUT2D eigenvalue weighted by Gasteiger charge is 2.15. The minimum Gasteiger partial charge on any atom is -0.457 e. The van der Waals surface area contributed by atoms with Gasteiger partial charge in [-0.1, -0.05) is 52.5 Å². The summed E-state index contributed by atoms with van der Waals surface area (Å²) in [6.07, 6.45) is 1.31. The van der Waals surface area contributed by atoms with Gasteiger partial charge in [0.05, 0.1) is 26.3 Å². The van der Waals surface area contributed by atoms with Gasteiger partial charge in [0.15, 0.2) is 0 Å². The molecule has 1 N–H and O–H groups in total. The van der Waals surface area contributed by atoms with Gasteiger partial charge in [-0.2, -0.15) is 5.26 Å². The largest absolute Gasteiger partial charge is 0.457 e. The SMILES string of the molecule is N#C/C(=C\c1ccc(-c2c(Cl)cccc2Cl)o1)C(=O)Nc1ccc(Cl)cc1Cl. The van der Waals surface area contributed by atoms with Gasteiger partial charge in [-0.25, -0.2) is 0 Å². The first-order valence-corrected chi connectivity index (χ1v) is 9.32. The Balaban J connectivity index is 1.86. The first kappa shape index (κ1) is 20.3.